The zero-order valence-corrected chi connectivity index (χ0v) is 14.6. The maximum Gasteiger partial charge on any atom is 0.127 e. The van der Waals surface area contributed by atoms with Gasteiger partial charge in [-0.1, -0.05) is 23.7 Å². The molecular formula is C16H17ClINO. The summed E-state index contributed by atoms with van der Waals surface area (Å²) in [6.07, 6.45) is 0. The van der Waals surface area contributed by atoms with Crippen molar-refractivity contribution in [2.24, 2.45) is 5.73 Å². The summed E-state index contributed by atoms with van der Waals surface area (Å²) in [5, 5.41) is 0.693. The first-order valence-electron chi connectivity index (χ1n) is 6.30. The summed E-state index contributed by atoms with van der Waals surface area (Å²) >= 11 is 8.37. The van der Waals surface area contributed by atoms with E-state index in [0.29, 0.717) is 5.02 Å². The van der Waals surface area contributed by atoms with E-state index in [4.69, 9.17) is 22.1 Å². The second kappa shape index (κ2) is 6.33. The molecule has 0 aliphatic carbocycles. The van der Waals surface area contributed by atoms with Crippen molar-refractivity contribution < 1.29 is 4.74 Å². The lowest BCUT2D eigenvalue weighted by molar-refractivity contribution is 0.404. The molecule has 2 N–H and O–H groups in total. The fraction of sp³-hybridized carbons (Fsp3) is 0.250. The van der Waals surface area contributed by atoms with Crippen LogP contribution in [0.25, 0.3) is 0 Å². The number of ether oxygens (including phenoxy) is 1. The van der Waals surface area contributed by atoms with E-state index in [2.05, 4.69) is 35.6 Å². The molecular weight excluding hydrogens is 385 g/mol. The number of aryl methyl sites for hydroxylation is 1. The highest BCUT2D eigenvalue weighted by atomic mass is 127. The highest BCUT2D eigenvalue weighted by molar-refractivity contribution is 14.1. The van der Waals surface area contributed by atoms with Crippen LogP contribution in [0.4, 0.5) is 0 Å². The van der Waals surface area contributed by atoms with Crippen LogP contribution in [0.3, 0.4) is 0 Å². The zero-order chi connectivity index (χ0) is 14.9. The van der Waals surface area contributed by atoms with E-state index in [9.17, 15) is 0 Å². The van der Waals surface area contributed by atoms with Crippen LogP contribution in [0.2, 0.25) is 5.02 Å². The minimum absolute atomic E-state index is 0.255. The molecule has 0 saturated carbocycles. The summed E-state index contributed by atoms with van der Waals surface area (Å²) in [5.41, 5.74) is 10.7. The van der Waals surface area contributed by atoms with Gasteiger partial charge in [-0.05, 0) is 71.3 Å². The molecule has 106 valence electrons. The van der Waals surface area contributed by atoms with Gasteiger partial charge in [-0.2, -0.15) is 0 Å². The predicted octanol–water partition coefficient (Wildman–Crippen LogP) is 4.62. The monoisotopic (exact) mass is 401 g/mol. The van der Waals surface area contributed by atoms with E-state index >= 15 is 0 Å². The fourth-order valence-corrected chi connectivity index (χ4v) is 3.10. The van der Waals surface area contributed by atoms with Crippen molar-refractivity contribution in [3.05, 3.63) is 61.2 Å². The summed E-state index contributed by atoms with van der Waals surface area (Å²) in [5.74, 6) is 0.855. The van der Waals surface area contributed by atoms with Gasteiger partial charge in [0.25, 0.3) is 0 Å². The molecule has 2 aromatic carbocycles. The summed E-state index contributed by atoms with van der Waals surface area (Å²) in [4.78, 5) is 0. The van der Waals surface area contributed by atoms with Crippen molar-refractivity contribution in [2.75, 3.05) is 7.11 Å². The Morgan fingerprint density at radius 1 is 1.15 bits per heavy atom. The molecule has 20 heavy (non-hydrogen) atoms. The van der Waals surface area contributed by atoms with Crippen LogP contribution in [-0.2, 0) is 0 Å². The fourth-order valence-electron chi connectivity index (χ4n) is 2.25. The van der Waals surface area contributed by atoms with Gasteiger partial charge in [-0.3, -0.25) is 0 Å². The molecule has 0 fully saturated rings. The number of rotatable bonds is 3. The number of nitrogens with two attached hydrogens (primary N) is 1. The topological polar surface area (TPSA) is 35.2 Å². The second-order valence-electron chi connectivity index (χ2n) is 4.77. The first kappa shape index (κ1) is 15.6. The average Bonchev–Trinajstić information content (AvgIpc) is 2.43. The zero-order valence-electron chi connectivity index (χ0n) is 11.7. The van der Waals surface area contributed by atoms with Gasteiger partial charge in [-0.25, -0.2) is 0 Å². The van der Waals surface area contributed by atoms with Crippen molar-refractivity contribution in [1.82, 2.24) is 0 Å². The minimum atomic E-state index is -0.255. The summed E-state index contributed by atoms with van der Waals surface area (Å²) < 4.78 is 6.65. The quantitative estimate of drug-likeness (QED) is 0.762. The van der Waals surface area contributed by atoms with Crippen LogP contribution in [0.1, 0.15) is 28.3 Å². The molecule has 0 aliphatic rings. The normalized spacial score (nSPS) is 12.3. The second-order valence-corrected chi connectivity index (χ2v) is 6.37. The van der Waals surface area contributed by atoms with Crippen molar-refractivity contribution >= 4 is 34.2 Å². The number of hydrogen-bond acceptors (Lipinski definition) is 2. The molecule has 0 aliphatic heterocycles. The van der Waals surface area contributed by atoms with Crippen molar-refractivity contribution in [1.29, 1.82) is 0 Å². The van der Waals surface area contributed by atoms with Gasteiger partial charge < -0.3 is 10.5 Å². The number of halogens is 2. The van der Waals surface area contributed by atoms with E-state index in [-0.39, 0.29) is 6.04 Å². The Balaban J connectivity index is 2.56. The third-order valence-corrected chi connectivity index (χ3v) is 4.76. The van der Waals surface area contributed by atoms with Gasteiger partial charge in [0.15, 0.2) is 0 Å². The lowest BCUT2D eigenvalue weighted by Gasteiger charge is -2.20. The first-order valence-corrected chi connectivity index (χ1v) is 7.76. The molecule has 2 nitrogen and oxygen atoms in total. The summed E-state index contributed by atoms with van der Waals surface area (Å²) in [7, 11) is 1.68. The Hall–Kier alpha value is -0.780. The Labute approximate surface area is 138 Å². The van der Waals surface area contributed by atoms with E-state index in [0.717, 1.165) is 26.0 Å². The lowest BCUT2D eigenvalue weighted by atomic mass is 9.95. The average molecular weight is 402 g/mol. The highest BCUT2D eigenvalue weighted by Crippen LogP contribution is 2.35. The van der Waals surface area contributed by atoms with Crippen molar-refractivity contribution in [3.8, 4) is 5.75 Å². The highest BCUT2D eigenvalue weighted by Gasteiger charge is 2.19. The number of hydrogen-bond donors (Lipinski definition) is 1. The molecule has 0 bridgehead atoms. The molecule has 2 aromatic rings. The van der Waals surface area contributed by atoms with Crippen molar-refractivity contribution in [2.45, 2.75) is 19.9 Å². The molecule has 0 amide bonds. The molecule has 0 spiro atoms. The molecule has 1 atom stereocenters. The Morgan fingerprint density at radius 3 is 2.50 bits per heavy atom. The van der Waals surface area contributed by atoms with E-state index in [1.165, 1.54) is 5.56 Å². The van der Waals surface area contributed by atoms with Crippen LogP contribution >= 0.6 is 34.2 Å². The van der Waals surface area contributed by atoms with E-state index in [1.807, 2.05) is 31.2 Å². The Bertz CT molecular complexity index is 643. The Kier molecular flexibility index (Phi) is 4.94. The standard InChI is InChI=1S/C16H17ClINO/c1-9-4-6-12(16(20-3)10(9)2)15(19)13-8-11(17)5-7-14(13)18/h4-8,15H,19H2,1-3H3. The molecule has 0 radical (unpaired) electrons. The largest absolute Gasteiger partial charge is 0.496 e. The predicted molar refractivity (Wildman–Crippen MR) is 92.7 cm³/mol. The van der Waals surface area contributed by atoms with Crippen LogP contribution < -0.4 is 10.5 Å². The maximum atomic E-state index is 6.44. The summed E-state index contributed by atoms with van der Waals surface area (Å²) in [6.45, 7) is 4.11. The van der Waals surface area contributed by atoms with Crippen LogP contribution in [-0.4, -0.2) is 7.11 Å². The van der Waals surface area contributed by atoms with Crippen LogP contribution in [0, 0.1) is 17.4 Å². The molecule has 1 unspecified atom stereocenters. The van der Waals surface area contributed by atoms with Crippen LogP contribution in [0.5, 0.6) is 5.75 Å². The van der Waals surface area contributed by atoms with Gasteiger partial charge in [0, 0.05) is 14.2 Å². The first-order chi connectivity index (χ1) is 9.45. The molecule has 2 rings (SSSR count). The van der Waals surface area contributed by atoms with Gasteiger partial charge in [0.1, 0.15) is 5.75 Å². The van der Waals surface area contributed by atoms with Crippen LogP contribution in [0.15, 0.2) is 30.3 Å². The van der Waals surface area contributed by atoms with Gasteiger partial charge in [0.05, 0.1) is 13.2 Å². The molecule has 0 saturated heterocycles. The number of benzene rings is 2. The van der Waals surface area contributed by atoms with Gasteiger partial charge in [-0.15, -0.1) is 0 Å². The third-order valence-electron chi connectivity index (χ3n) is 3.54. The SMILES string of the molecule is COc1c(C(N)c2cc(Cl)ccc2I)ccc(C)c1C. The van der Waals surface area contributed by atoms with Crippen molar-refractivity contribution in [3.63, 3.8) is 0 Å². The summed E-state index contributed by atoms with van der Waals surface area (Å²) in [6, 6.07) is 9.62. The van der Waals surface area contributed by atoms with Gasteiger partial charge in [0.2, 0.25) is 0 Å². The Morgan fingerprint density at radius 2 is 1.85 bits per heavy atom. The smallest absolute Gasteiger partial charge is 0.127 e. The number of methoxy groups -OCH3 is 1. The maximum absolute atomic E-state index is 6.44. The third kappa shape index (κ3) is 2.95. The van der Waals surface area contributed by atoms with Gasteiger partial charge >= 0.3 is 0 Å². The minimum Gasteiger partial charge on any atom is -0.496 e. The lowest BCUT2D eigenvalue weighted by Crippen LogP contribution is -2.15. The molecule has 0 heterocycles. The molecule has 0 aromatic heterocycles. The molecule has 4 heteroatoms. The van der Waals surface area contributed by atoms with E-state index in [1.54, 1.807) is 7.11 Å². The van der Waals surface area contributed by atoms with E-state index < -0.39 is 0 Å².